The second-order valence-corrected chi connectivity index (χ2v) is 11.5. The van der Waals surface area contributed by atoms with Crippen LogP contribution in [-0.2, 0) is 11.2 Å². The molecule has 0 bridgehead atoms. The number of carbonyl (C=O) groups excluding carboxylic acids is 1. The largest absolute Gasteiger partial charge is 0.494 e. The lowest BCUT2D eigenvalue weighted by atomic mass is 9.96. The summed E-state index contributed by atoms with van der Waals surface area (Å²) in [6.07, 6.45) is 6.83. The molecule has 2 aromatic heterocycles. The van der Waals surface area contributed by atoms with Crippen molar-refractivity contribution in [2.45, 2.75) is 45.1 Å². The van der Waals surface area contributed by atoms with E-state index < -0.39 is 5.97 Å². The smallest absolute Gasteiger partial charge is 0.343 e. The molecule has 9 heteroatoms. The Morgan fingerprint density at radius 1 is 1.13 bits per heavy atom. The maximum atomic E-state index is 13.4. The van der Waals surface area contributed by atoms with Gasteiger partial charge in [-0.3, -0.25) is 9.80 Å². The Hall–Kier alpha value is -3.17. The molecule has 3 aromatic rings. The molecule has 0 N–H and O–H groups in total. The molecule has 200 valence electrons. The van der Waals surface area contributed by atoms with Crippen LogP contribution in [0.3, 0.4) is 0 Å². The Morgan fingerprint density at radius 2 is 1.92 bits per heavy atom. The zero-order chi connectivity index (χ0) is 26.4. The summed E-state index contributed by atoms with van der Waals surface area (Å²) >= 11 is 1.79. The summed E-state index contributed by atoms with van der Waals surface area (Å²) in [5.74, 6) is 0.105. The maximum absolute atomic E-state index is 13.4. The lowest BCUT2D eigenvalue weighted by Crippen LogP contribution is -2.42. The molecular weight excluding hydrogens is 500 g/mol. The number of aromatic nitrogens is 1. The van der Waals surface area contributed by atoms with Crippen molar-refractivity contribution in [1.29, 1.82) is 0 Å². The quantitative estimate of drug-likeness (QED) is 0.433. The van der Waals surface area contributed by atoms with Crippen molar-refractivity contribution >= 4 is 33.9 Å². The number of ether oxygens (including phenoxy) is 2. The van der Waals surface area contributed by atoms with Crippen LogP contribution in [0.15, 0.2) is 34.3 Å². The molecule has 1 aliphatic heterocycles. The van der Waals surface area contributed by atoms with E-state index in [1.165, 1.54) is 16.2 Å². The Balaban J connectivity index is 1.45. The molecule has 1 saturated carbocycles. The molecule has 3 aliphatic rings. The number of hydrazone groups is 1. The van der Waals surface area contributed by atoms with Gasteiger partial charge in [0.15, 0.2) is 5.75 Å². The van der Waals surface area contributed by atoms with Crippen molar-refractivity contribution in [3.8, 4) is 16.2 Å². The Labute approximate surface area is 226 Å². The van der Waals surface area contributed by atoms with E-state index >= 15 is 0 Å². The van der Waals surface area contributed by atoms with Gasteiger partial charge in [-0.1, -0.05) is 0 Å². The minimum atomic E-state index is -0.574. The average Bonchev–Trinajstić information content (AvgIpc) is 3.67. The Bertz CT molecular complexity index is 1480. The average molecular weight is 535 g/mol. The Kier molecular flexibility index (Phi) is 6.74. The number of hydrogen-bond acceptors (Lipinski definition) is 8. The number of likely N-dealkylation sites (N-methyl/N-ethyl adjacent to an activating group) is 1. The van der Waals surface area contributed by atoms with Crippen LogP contribution in [0.2, 0.25) is 0 Å². The third-order valence-corrected chi connectivity index (χ3v) is 8.96. The normalized spacial score (nSPS) is 19.1. The van der Waals surface area contributed by atoms with E-state index in [1.807, 2.05) is 12.1 Å². The molecular formula is C29H34N4O4S. The SMILES string of the molecule is CCOC(=O)c1cn(C2CC2)c2c(OC)c(-c3cc4c(s3)CCC/C4=N\N3CCN(C)CC3)ccc2c1=O. The van der Waals surface area contributed by atoms with Crippen LogP contribution in [0.4, 0.5) is 0 Å². The molecule has 0 radical (unpaired) electrons. The van der Waals surface area contributed by atoms with Gasteiger partial charge >= 0.3 is 5.97 Å². The molecule has 0 unspecified atom stereocenters. The summed E-state index contributed by atoms with van der Waals surface area (Å²) < 4.78 is 13.2. The van der Waals surface area contributed by atoms with Gasteiger partial charge in [0.1, 0.15) is 5.56 Å². The molecule has 3 heterocycles. The van der Waals surface area contributed by atoms with E-state index in [4.69, 9.17) is 14.6 Å². The fraction of sp³-hybridized carbons (Fsp3) is 0.483. The molecule has 0 spiro atoms. The third kappa shape index (κ3) is 4.52. The van der Waals surface area contributed by atoms with Crippen LogP contribution >= 0.6 is 11.3 Å². The summed E-state index contributed by atoms with van der Waals surface area (Å²) in [5.41, 5.74) is 3.91. The number of benzene rings is 1. The fourth-order valence-corrected chi connectivity index (χ4v) is 6.77. The summed E-state index contributed by atoms with van der Waals surface area (Å²) in [4.78, 5) is 30.8. The van der Waals surface area contributed by atoms with Crippen LogP contribution < -0.4 is 10.2 Å². The van der Waals surface area contributed by atoms with Gasteiger partial charge in [0.2, 0.25) is 5.43 Å². The minimum Gasteiger partial charge on any atom is -0.494 e. The summed E-state index contributed by atoms with van der Waals surface area (Å²) in [7, 11) is 3.82. The second kappa shape index (κ2) is 10.2. The standard InChI is InChI=1S/C29H34N4O4S/c1-4-37-29(35)22-17-33(18-8-9-18)26-20(27(22)34)11-10-19(28(26)36-3)25-16-21-23(6-5-7-24(21)38-25)30-32-14-12-31(2)13-15-32/h10-11,16-18H,4-9,12-15H2,1-3H3/b30-23+. The third-order valence-electron chi connectivity index (χ3n) is 7.73. The van der Waals surface area contributed by atoms with Gasteiger partial charge in [-0.25, -0.2) is 4.79 Å². The summed E-state index contributed by atoms with van der Waals surface area (Å²) in [6, 6.07) is 6.30. The van der Waals surface area contributed by atoms with Gasteiger partial charge in [0.05, 0.1) is 30.3 Å². The second-order valence-electron chi connectivity index (χ2n) is 10.4. The number of carbonyl (C=O) groups is 1. The number of thiophene rings is 1. The fourth-order valence-electron chi connectivity index (χ4n) is 5.53. The summed E-state index contributed by atoms with van der Waals surface area (Å²) in [6.45, 7) is 5.95. The van der Waals surface area contributed by atoms with E-state index in [0.29, 0.717) is 11.1 Å². The van der Waals surface area contributed by atoms with Crippen molar-refractivity contribution in [2.75, 3.05) is 46.9 Å². The van der Waals surface area contributed by atoms with Gasteiger partial charge in [-0.15, -0.1) is 11.3 Å². The van der Waals surface area contributed by atoms with Gasteiger partial charge in [0, 0.05) is 59.3 Å². The zero-order valence-corrected chi connectivity index (χ0v) is 23.1. The van der Waals surface area contributed by atoms with Crippen LogP contribution in [0.25, 0.3) is 21.3 Å². The highest BCUT2D eigenvalue weighted by molar-refractivity contribution is 7.16. The highest BCUT2D eigenvalue weighted by Crippen LogP contribution is 2.45. The predicted octanol–water partition coefficient (Wildman–Crippen LogP) is 4.54. The first kappa shape index (κ1) is 25.1. The van der Waals surface area contributed by atoms with Crippen LogP contribution in [0.5, 0.6) is 5.75 Å². The molecule has 2 fully saturated rings. The van der Waals surface area contributed by atoms with Crippen LogP contribution in [-0.4, -0.2) is 73.1 Å². The van der Waals surface area contributed by atoms with E-state index in [9.17, 15) is 9.59 Å². The van der Waals surface area contributed by atoms with Gasteiger partial charge in [-0.05, 0) is 64.3 Å². The number of piperazine rings is 1. The van der Waals surface area contributed by atoms with Crippen molar-refractivity contribution in [3.63, 3.8) is 0 Å². The van der Waals surface area contributed by atoms with Crippen LogP contribution in [0.1, 0.15) is 59.4 Å². The van der Waals surface area contributed by atoms with Crippen molar-refractivity contribution in [3.05, 3.63) is 50.6 Å². The number of esters is 1. The van der Waals surface area contributed by atoms with Gasteiger partial charge in [0.25, 0.3) is 0 Å². The van der Waals surface area contributed by atoms with E-state index in [2.05, 4.69) is 27.6 Å². The number of fused-ring (bicyclic) bond motifs is 2. The molecule has 0 atom stereocenters. The first-order valence-electron chi connectivity index (χ1n) is 13.6. The molecule has 8 nitrogen and oxygen atoms in total. The molecule has 6 rings (SSSR count). The number of aryl methyl sites for hydroxylation is 1. The lowest BCUT2D eigenvalue weighted by molar-refractivity contribution is 0.0524. The monoisotopic (exact) mass is 534 g/mol. The van der Waals surface area contributed by atoms with Crippen molar-refractivity contribution in [1.82, 2.24) is 14.5 Å². The minimum absolute atomic E-state index is 0.0809. The Morgan fingerprint density at radius 3 is 2.63 bits per heavy atom. The first-order valence-corrected chi connectivity index (χ1v) is 14.4. The van der Waals surface area contributed by atoms with E-state index in [1.54, 1.807) is 31.6 Å². The maximum Gasteiger partial charge on any atom is 0.343 e. The van der Waals surface area contributed by atoms with Gasteiger partial charge in [-0.2, -0.15) is 5.10 Å². The van der Waals surface area contributed by atoms with Crippen molar-refractivity contribution in [2.24, 2.45) is 5.10 Å². The highest BCUT2D eigenvalue weighted by atomic mass is 32.1. The number of methoxy groups -OCH3 is 1. The highest BCUT2D eigenvalue weighted by Gasteiger charge is 2.30. The molecule has 38 heavy (non-hydrogen) atoms. The predicted molar refractivity (Wildman–Crippen MR) is 151 cm³/mol. The molecule has 1 aromatic carbocycles. The van der Waals surface area contributed by atoms with Crippen molar-refractivity contribution < 1.29 is 14.3 Å². The van der Waals surface area contributed by atoms with E-state index in [-0.39, 0.29) is 23.6 Å². The van der Waals surface area contributed by atoms with Crippen LogP contribution in [0, 0.1) is 0 Å². The van der Waals surface area contributed by atoms with Gasteiger partial charge < -0.3 is 18.9 Å². The zero-order valence-electron chi connectivity index (χ0n) is 22.3. The first-order chi connectivity index (χ1) is 18.5. The number of rotatable bonds is 6. The lowest BCUT2D eigenvalue weighted by Gasteiger charge is -2.31. The topological polar surface area (TPSA) is 76.4 Å². The summed E-state index contributed by atoms with van der Waals surface area (Å²) in [5, 5.41) is 7.78. The number of pyridine rings is 1. The molecule has 1 saturated heterocycles. The molecule has 0 amide bonds. The van der Waals surface area contributed by atoms with E-state index in [0.717, 1.165) is 74.2 Å². The molecule has 2 aliphatic carbocycles. The number of hydrogen-bond donors (Lipinski definition) is 0. The number of nitrogens with zero attached hydrogens (tertiary/aromatic N) is 4.